The van der Waals surface area contributed by atoms with Crippen molar-refractivity contribution >= 4 is 43.9 Å². The molecule has 0 fully saturated rings. The van der Waals surface area contributed by atoms with Crippen molar-refractivity contribution in [2.24, 2.45) is 5.73 Å². The molecule has 21 heavy (non-hydrogen) atoms. The Hall–Kier alpha value is -1.78. The van der Waals surface area contributed by atoms with E-state index in [0.717, 1.165) is 11.3 Å². The highest BCUT2D eigenvalue weighted by Crippen LogP contribution is 2.37. The molecule has 1 unspecified atom stereocenters. The number of ether oxygens (including phenoxy) is 2. The van der Waals surface area contributed by atoms with Gasteiger partial charge in [-0.25, -0.2) is 4.98 Å². The third-order valence-corrected chi connectivity index (χ3v) is 4.35. The van der Waals surface area contributed by atoms with Crippen LogP contribution in [-0.4, -0.2) is 46.7 Å². The van der Waals surface area contributed by atoms with Crippen LogP contribution in [0.25, 0.3) is 10.2 Å². The summed E-state index contributed by atoms with van der Waals surface area (Å²) in [4.78, 5) is 20.2. The summed E-state index contributed by atoms with van der Waals surface area (Å²) in [7, 11) is 0.143. The number of carbonyl (C=O) groups is 1. The van der Waals surface area contributed by atoms with Gasteiger partial charge < -0.3 is 20.9 Å². The normalized spacial score (nSPS) is 12.5. The molecule has 2 aromatic rings. The summed E-state index contributed by atoms with van der Waals surface area (Å²) in [5, 5.41) is 0.506. The number of hydrogen-bond acceptors (Lipinski definition) is 8. The Morgan fingerprint density at radius 2 is 2.10 bits per heavy atom. The van der Waals surface area contributed by atoms with Gasteiger partial charge in [0.25, 0.3) is 5.91 Å². The molecular formula is C11H14N4O4S2. The molecule has 1 amide bonds. The van der Waals surface area contributed by atoms with Gasteiger partial charge in [0.05, 0.1) is 28.5 Å². The van der Waals surface area contributed by atoms with Crippen molar-refractivity contribution in [1.29, 1.82) is 0 Å². The van der Waals surface area contributed by atoms with Gasteiger partial charge in [0, 0.05) is 13.4 Å². The minimum Gasteiger partial charge on any atom is -0.475 e. The van der Waals surface area contributed by atoms with Crippen molar-refractivity contribution in [3.8, 4) is 5.88 Å². The zero-order valence-corrected chi connectivity index (χ0v) is 13.0. The van der Waals surface area contributed by atoms with E-state index in [2.05, 4.69) is 9.97 Å². The second-order valence-corrected chi connectivity index (χ2v) is 6.27. The number of aromatic nitrogens is 2. The van der Waals surface area contributed by atoms with Crippen LogP contribution in [0.5, 0.6) is 5.88 Å². The lowest BCUT2D eigenvalue weighted by Crippen LogP contribution is -2.11. The van der Waals surface area contributed by atoms with Crippen molar-refractivity contribution < 1.29 is 18.5 Å². The number of nitrogens with two attached hydrogens (primary N) is 2. The van der Waals surface area contributed by atoms with Gasteiger partial charge in [0.15, 0.2) is 0 Å². The molecule has 114 valence electrons. The summed E-state index contributed by atoms with van der Waals surface area (Å²) >= 11 is 1.02. The monoisotopic (exact) mass is 330 g/mol. The van der Waals surface area contributed by atoms with Gasteiger partial charge in [0.2, 0.25) is 11.0 Å². The topological polar surface area (TPSA) is 130 Å². The standard InChI is InChI=1S/C11H14N4O4S2/c1-18-3-4-19-9-5-6(12)7(8(13)16)20-10(5)15-11(14-9)21(2)17/h3-4,12H2,1-2H3,(H2,13,16). The molecule has 2 rings (SSSR count). The Morgan fingerprint density at radius 3 is 2.67 bits per heavy atom. The summed E-state index contributed by atoms with van der Waals surface area (Å²) in [5.74, 6) is -0.485. The maximum absolute atomic E-state index is 11.6. The summed E-state index contributed by atoms with van der Waals surface area (Å²) in [6.07, 6.45) is 1.45. The molecule has 0 bridgehead atoms. The van der Waals surface area contributed by atoms with E-state index in [1.807, 2.05) is 0 Å². The summed E-state index contributed by atoms with van der Waals surface area (Å²) in [6.45, 7) is 0.586. The Balaban J connectivity index is 2.60. The lowest BCUT2D eigenvalue weighted by Gasteiger charge is -2.07. The van der Waals surface area contributed by atoms with Gasteiger partial charge in [-0.15, -0.1) is 11.3 Å². The van der Waals surface area contributed by atoms with Crippen molar-refractivity contribution in [2.45, 2.75) is 5.16 Å². The fraction of sp³-hybridized carbons (Fsp3) is 0.364. The van der Waals surface area contributed by atoms with Crippen molar-refractivity contribution in [3.05, 3.63) is 4.88 Å². The zero-order valence-electron chi connectivity index (χ0n) is 11.4. The number of rotatable bonds is 6. The van der Waals surface area contributed by atoms with E-state index in [1.54, 1.807) is 0 Å². The quantitative estimate of drug-likeness (QED) is 0.569. The van der Waals surface area contributed by atoms with E-state index >= 15 is 0 Å². The molecule has 0 aliphatic carbocycles. The van der Waals surface area contributed by atoms with Crippen LogP contribution in [0.15, 0.2) is 5.16 Å². The first-order valence-corrected chi connectivity index (χ1v) is 8.18. The maximum atomic E-state index is 11.6. The number of primary amides is 1. The predicted molar refractivity (Wildman–Crippen MR) is 80.0 cm³/mol. The van der Waals surface area contributed by atoms with Crippen LogP contribution in [-0.2, 0) is 15.5 Å². The van der Waals surface area contributed by atoms with Gasteiger partial charge >= 0.3 is 0 Å². The highest BCUT2D eigenvalue weighted by molar-refractivity contribution is 7.84. The highest BCUT2D eigenvalue weighted by Gasteiger charge is 2.21. The van der Waals surface area contributed by atoms with E-state index in [4.69, 9.17) is 20.9 Å². The molecule has 0 radical (unpaired) electrons. The van der Waals surface area contributed by atoms with Crippen LogP contribution >= 0.6 is 11.3 Å². The molecule has 0 spiro atoms. The lowest BCUT2D eigenvalue weighted by molar-refractivity contribution is 0.100. The molecule has 2 heterocycles. The smallest absolute Gasteiger partial charge is 0.260 e. The van der Waals surface area contributed by atoms with Crippen LogP contribution in [0.1, 0.15) is 9.67 Å². The number of hydrogen-bond donors (Lipinski definition) is 2. The number of thiophene rings is 1. The highest BCUT2D eigenvalue weighted by atomic mass is 32.2. The number of anilines is 1. The molecule has 2 aromatic heterocycles. The Morgan fingerprint density at radius 1 is 1.38 bits per heavy atom. The number of carbonyl (C=O) groups excluding carboxylic acids is 1. The number of nitrogen functional groups attached to an aromatic ring is 1. The third kappa shape index (κ3) is 3.12. The lowest BCUT2D eigenvalue weighted by atomic mass is 10.3. The van der Waals surface area contributed by atoms with E-state index < -0.39 is 16.7 Å². The van der Waals surface area contributed by atoms with Crippen LogP contribution in [0.2, 0.25) is 0 Å². The molecule has 0 saturated carbocycles. The van der Waals surface area contributed by atoms with Crippen molar-refractivity contribution in [2.75, 3.05) is 32.3 Å². The second kappa shape index (κ2) is 6.33. The van der Waals surface area contributed by atoms with E-state index in [0.29, 0.717) is 16.8 Å². The molecule has 0 aliphatic heterocycles. The van der Waals surface area contributed by atoms with Crippen LogP contribution < -0.4 is 16.2 Å². The second-order valence-electron chi connectivity index (χ2n) is 4.00. The van der Waals surface area contributed by atoms with Gasteiger partial charge in [-0.05, 0) is 0 Å². The third-order valence-electron chi connectivity index (χ3n) is 2.54. The SMILES string of the molecule is COCCOc1nc(S(C)=O)nc2sc(C(N)=O)c(N)c12. The molecule has 0 saturated heterocycles. The first kappa shape index (κ1) is 15.6. The van der Waals surface area contributed by atoms with Gasteiger partial charge in [-0.2, -0.15) is 4.98 Å². The summed E-state index contributed by atoms with van der Waals surface area (Å²) in [5.41, 5.74) is 11.4. The van der Waals surface area contributed by atoms with Crippen LogP contribution in [0.4, 0.5) is 5.69 Å². The number of amides is 1. The summed E-state index contributed by atoms with van der Waals surface area (Å²) < 4.78 is 22.0. The first-order valence-electron chi connectivity index (χ1n) is 5.80. The predicted octanol–water partition coefficient (Wildman–Crippen LogP) is 0.135. The largest absolute Gasteiger partial charge is 0.475 e. The van der Waals surface area contributed by atoms with Crippen LogP contribution in [0, 0.1) is 0 Å². The molecule has 0 aromatic carbocycles. The van der Waals surface area contributed by atoms with Gasteiger partial charge in [-0.3, -0.25) is 9.00 Å². The number of fused-ring (bicyclic) bond motifs is 1. The number of nitrogens with zero attached hydrogens (tertiary/aromatic N) is 2. The summed E-state index contributed by atoms with van der Waals surface area (Å²) in [6, 6.07) is 0. The van der Waals surface area contributed by atoms with Crippen molar-refractivity contribution in [3.63, 3.8) is 0 Å². The zero-order chi connectivity index (χ0) is 15.6. The van der Waals surface area contributed by atoms with Crippen molar-refractivity contribution in [1.82, 2.24) is 9.97 Å². The van der Waals surface area contributed by atoms with E-state index in [1.165, 1.54) is 13.4 Å². The average molecular weight is 330 g/mol. The fourth-order valence-electron chi connectivity index (χ4n) is 1.61. The Kier molecular flexibility index (Phi) is 4.70. The van der Waals surface area contributed by atoms with Crippen LogP contribution in [0.3, 0.4) is 0 Å². The molecule has 0 aliphatic rings. The molecule has 10 heteroatoms. The average Bonchev–Trinajstić information content (AvgIpc) is 2.76. The molecule has 4 N–H and O–H groups in total. The molecule has 8 nitrogen and oxygen atoms in total. The van der Waals surface area contributed by atoms with E-state index in [9.17, 15) is 9.00 Å². The number of methoxy groups -OCH3 is 1. The van der Waals surface area contributed by atoms with Gasteiger partial charge in [0.1, 0.15) is 16.3 Å². The van der Waals surface area contributed by atoms with Gasteiger partial charge in [-0.1, -0.05) is 0 Å². The molecular weight excluding hydrogens is 316 g/mol. The first-order chi connectivity index (χ1) is 9.95. The van der Waals surface area contributed by atoms with E-state index in [-0.39, 0.29) is 28.2 Å². The Labute approximate surface area is 126 Å². The Bertz CT molecular complexity index is 716. The molecule has 1 atom stereocenters. The maximum Gasteiger partial charge on any atom is 0.260 e. The minimum absolute atomic E-state index is 0.104. The fourth-order valence-corrected chi connectivity index (χ4v) is 3.04. The minimum atomic E-state index is -1.39.